The first-order valence-electron chi connectivity index (χ1n) is 7.43. The maximum absolute atomic E-state index is 12.4. The van der Waals surface area contributed by atoms with Gasteiger partial charge in [-0.1, -0.05) is 6.07 Å². The summed E-state index contributed by atoms with van der Waals surface area (Å²) in [7, 11) is 0.605. The van der Waals surface area contributed by atoms with Gasteiger partial charge in [0.05, 0.1) is 18.1 Å². The Labute approximate surface area is 132 Å². The Morgan fingerprint density at radius 2 is 1.77 bits per heavy atom. The number of amides is 1. The molecular weight excluding hydrogens is 300 g/mol. The van der Waals surface area contributed by atoms with Crippen molar-refractivity contribution >= 4 is 21.4 Å². The molecule has 1 amide bonds. The van der Waals surface area contributed by atoms with Crippen LogP contribution in [0.5, 0.6) is 0 Å². The normalized spacial score (nSPS) is 19.9. The zero-order valence-corrected chi connectivity index (χ0v) is 14.5. The molecule has 1 aromatic carbocycles. The van der Waals surface area contributed by atoms with Crippen molar-refractivity contribution in [2.24, 2.45) is 0 Å². The summed E-state index contributed by atoms with van der Waals surface area (Å²) in [5.41, 5.74) is 3.31. The second-order valence-electron chi connectivity index (χ2n) is 6.26. The van der Waals surface area contributed by atoms with E-state index in [4.69, 9.17) is 0 Å². The Balaban J connectivity index is 2.02. The van der Waals surface area contributed by atoms with E-state index in [1.807, 2.05) is 37.9 Å². The first kappa shape index (κ1) is 16.8. The van der Waals surface area contributed by atoms with Crippen molar-refractivity contribution in [3.8, 4) is 0 Å². The van der Waals surface area contributed by atoms with Gasteiger partial charge in [0.25, 0.3) is 0 Å². The van der Waals surface area contributed by atoms with Crippen LogP contribution in [-0.2, 0) is 14.6 Å². The SMILES string of the molecule is Cc1cc(C)cc(N(C)CC(=O)N(C)[C@H]2CCS(=O)(=O)C2)c1. The summed E-state index contributed by atoms with van der Waals surface area (Å²) < 4.78 is 23.1. The van der Waals surface area contributed by atoms with Gasteiger partial charge in [-0.05, 0) is 43.5 Å². The fourth-order valence-corrected chi connectivity index (χ4v) is 4.64. The van der Waals surface area contributed by atoms with E-state index in [-0.39, 0.29) is 30.0 Å². The second kappa shape index (κ2) is 6.28. The van der Waals surface area contributed by atoms with Gasteiger partial charge < -0.3 is 9.80 Å². The molecule has 0 aromatic heterocycles. The molecule has 1 heterocycles. The summed E-state index contributed by atoms with van der Waals surface area (Å²) in [5.74, 6) is 0.216. The van der Waals surface area contributed by atoms with Crippen molar-refractivity contribution < 1.29 is 13.2 Å². The predicted octanol–water partition coefficient (Wildman–Crippen LogP) is 1.39. The number of hydrogen-bond acceptors (Lipinski definition) is 4. The Morgan fingerprint density at radius 3 is 2.27 bits per heavy atom. The monoisotopic (exact) mass is 324 g/mol. The molecule has 0 aliphatic carbocycles. The van der Waals surface area contributed by atoms with Crippen LogP contribution in [0.4, 0.5) is 5.69 Å². The van der Waals surface area contributed by atoms with E-state index in [1.165, 1.54) is 0 Å². The number of hydrogen-bond donors (Lipinski definition) is 0. The highest BCUT2D eigenvalue weighted by Gasteiger charge is 2.32. The zero-order chi connectivity index (χ0) is 16.5. The summed E-state index contributed by atoms with van der Waals surface area (Å²) in [6.07, 6.45) is 0.540. The number of carbonyl (C=O) groups excluding carboxylic acids is 1. The number of benzene rings is 1. The highest BCUT2D eigenvalue weighted by atomic mass is 32.2. The largest absolute Gasteiger partial charge is 0.365 e. The number of sulfone groups is 1. The van der Waals surface area contributed by atoms with Gasteiger partial charge in [0.2, 0.25) is 5.91 Å². The molecule has 0 spiro atoms. The van der Waals surface area contributed by atoms with Crippen LogP contribution in [0.25, 0.3) is 0 Å². The molecule has 6 heteroatoms. The van der Waals surface area contributed by atoms with Crippen LogP contribution in [0.15, 0.2) is 18.2 Å². The fraction of sp³-hybridized carbons (Fsp3) is 0.562. The van der Waals surface area contributed by atoms with Crippen molar-refractivity contribution in [2.45, 2.75) is 26.3 Å². The third-order valence-electron chi connectivity index (χ3n) is 4.17. The smallest absolute Gasteiger partial charge is 0.242 e. The van der Waals surface area contributed by atoms with Crippen molar-refractivity contribution in [1.29, 1.82) is 0 Å². The van der Waals surface area contributed by atoms with Gasteiger partial charge in [-0.25, -0.2) is 8.42 Å². The summed E-state index contributed by atoms with van der Waals surface area (Å²) in [6, 6.07) is 5.99. The third-order valence-corrected chi connectivity index (χ3v) is 5.92. The van der Waals surface area contributed by atoms with Crippen LogP contribution in [0, 0.1) is 13.8 Å². The maximum Gasteiger partial charge on any atom is 0.242 e. The van der Waals surface area contributed by atoms with E-state index in [1.54, 1.807) is 11.9 Å². The molecule has 1 aliphatic rings. The first-order valence-corrected chi connectivity index (χ1v) is 9.25. The van der Waals surface area contributed by atoms with E-state index in [9.17, 15) is 13.2 Å². The van der Waals surface area contributed by atoms with Gasteiger partial charge in [0, 0.05) is 25.8 Å². The van der Waals surface area contributed by atoms with Gasteiger partial charge in [0.15, 0.2) is 9.84 Å². The Kier molecular flexibility index (Phi) is 4.80. The quantitative estimate of drug-likeness (QED) is 0.840. The third kappa shape index (κ3) is 4.00. The number of likely N-dealkylation sites (N-methyl/N-ethyl adjacent to an activating group) is 2. The lowest BCUT2D eigenvalue weighted by Gasteiger charge is -2.27. The number of anilines is 1. The molecule has 122 valence electrons. The van der Waals surface area contributed by atoms with Crippen LogP contribution >= 0.6 is 0 Å². The molecule has 5 nitrogen and oxygen atoms in total. The maximum atomic E-state index is 12.4. The molecule has 0 bridgehead atoms. The zero-order valence-electron chi connectivity index (χ0n) is 13.7. The minimum absolute atomic E-state index is 0.0521. The molecule has 0 radical (unpaired) electrons. The van der Waals surface area contributed by atoms with Crippen molar-refractivity contribution in [3.63, 3.8) is 0 Å². The van der Waals surface area contributed by atoms with Gasteiger partial charge in [-0.2, -0.15) is 0 Å². The highest BCUT2D eigenvalue weighted by Crippen LogP contribution is 2.19. The molecular formula is C16H24N2O3S. The number of aryl methyl sites for hydroxylation is 2. The lowest BCUT2D eigenvalue weighted by atomic mass is 10.1. The molecule has 1 fully saturated rings. The van der Waals surface area contributed by atoms with Crippen LogP contribution in [0.3, 0.4) is 0 Å². The number of nitrogens with zero attached hydrogens (tertiary/aromatic N) is 2. The lowest BCUT2D eigenvalue weighted by Crippen LogP contribution is -2.43. The van der Waals surface area contributed by atoms with Crippen molar-refractivity contribution in [3.05, 3.63) is 29.3 Å². The summed E-state index contributed by atoms with van der Waals surface area (Å²) in [4.78, 5) is 15.9. The molecule has 1 atom stereocenters. The molecule has 0 N–H and O–H groups in total. The minimum atomic E-state index is -2.97. The van der Waals surface area contributed by atoms with E-state index in [0.717, 1.165) is 16.8 Å². The van der Waals surface area contributed by atoms with Crippen LogP contribution in [0.2, 0.25) is 0 Å². The van der Waals surface area contributed by atoms with E-state index < -0.39 is 9.84 Å². The van der Waals surface area contributed by atoms with Crippen LogP contribution in [-0.4, -0.2) is 57.4 Å². The van der Waals surface area contributed by atoms with E-state index >= 15 is 0 Å². The highest BCUT2D eigenvalue weighted by molar-refractivity contribution is 7.91. The first-order chi connectivity index (χ1) is 10.2. The van der Waals surface area contributed by atoms with Gasteiger partial charge in [-0.15, -0.1) is 0 Å². The molecule has 0 saturated carbocycles. The van der Waals surface area contributed by atoms with E-state index in [2.05, 4.69) is 6.07 Å². The standard InChI is InChI=1S/C16H24N2O3S/c1-12-7-13(2)9-15(8-12)17(3)10-16(19)18(4)14-5-6-22(20,21)11-14/h7-9,14H,5-6,10-11H2,1-4H3/t14-/m0/s1. The molecule has 1 saturated heterocycles. The van der Waals surface area contributed by atoms with Gasteiger partial charge in [-0.3, -0.25) is 4.79 Å². The molecule has 2 rings (SSSR count). The topological polar surface area (TPSA) is 57.7 Å². The summed E-state index contributed by atoms with van der Waals surface area (Å²) >= 11 is 0. The average molecular weight is 324 g/mol. The minimum Gasteiger partial charge on any atom is -0.365 e. The number of carbonyl (C=O) groups is 1. The molecule has 22 heavy (non-hydrogen) atoms. The average Bonchev–Trinajstić information content (AvgIpc) is 2.77. The Hall–Kier alpha value is -1.56. The van der Waals surface area contributed by atoms with Crippen LogP contribution < -0.4 is 4.90 Å². The lowest BCUT2D eigenvalue weighted by molar-refractivity contribution is -0.130. The molecule has 1 aromatic rings. The van der Waals surface area contributed by atoms with Crippen molar-refractivity contribution in [1.82, 2.24) is 4.90 Å². The fourth-order valence-electron chi connectivity index (χ4n) is 2.86. The predicted molar refractivity (Wildman–Crippen MR) is 89.0 cm³/mol. The van der Waals surface area contributed by atoms with Gasteiger partial charge in [0.1, 0.15) is 0 Å². The summed E-state index contributed by atoms with van der Waals surface area (Å²) in [5, 5.41) is 0. The summed E-state index contributed by atoms with van der Waals surface area (Å²) in [6.45, 7) is 4.30. The van der Waals surface area contributed by atoms with E-state index in [0.29, 0.717) is 6.42 Å². The molecule has 1 aliphatic heterocycles. The number of rotatable bonds is 4. The van der Waals surface area contributed by atoms with Crippen LogP contribution in [0.1, 0.15) is 17.5 Å². The van der Waals surface area contributed by atoms with Crippen molar-refractivity contribution in [2.75, 3.05) is 37.0 Å². The van der Waals surface area contributed by atoms with Gasteiger partial charge >= 0.3 is 0 Å². The second-order valence-corrected chi connectivity index (χ2v) is 8.49. The molecule has 0 unspecified atom stereocenters. The Morgan fingerprint density at radius 1 is 1.18 bits per heavy atom. The Bertz CT molecular complexity index is 650.